The van der Waals surface area contributed by atoms with Crippen LogP contribution in [0.15, 0.2) is 41.4 Å². The molecular weight excluding hydrogens is 495 g/mol. The maximum absolute atomic E-state index is 13.9. The Kier molecular flexibility index (Phi) is 5.16. The van der Waals surface area contributed by atoms with Gasteiger partial charge in [-0.1, -0.05) is 19.1 Å². The molecule has 1 atom stereocenters. The van der Waals surface area contributed by atoms with Crippen LogP contribution >= 0.6 is 0 Å². The Morgan fingerprint density at radius 1 is 0.943 bits per heavy atom. The van der Waals surface area contributed by atoms with Crippen molar-refractivity contribution < 1.29 is 35.6 Å². The number of imidazole rings is 2. The number of halogens is 5. The molecular formula is C22H17F5N4O3S. The number of alkyl halides is 4. The molecule has 5 rings (SSSR count). The minimum Gasteiger partial charge on any atom is -0.421 e. The van der Waals surface area contributed by atoms with E-state index in [0.29, 0.717) is 16.4 Å². The highest BCUT2D eigenvalue weighted by atomic mass is 32.2. The molecule has 7 nitrogen and oxygen atoms in total. The van der Waals surface area contributed by atoms with Crippen LogP contribution in [0.2, 0.25) is 0 Å². The van der Waals surface area contributed by atoms with E-state index in [1.165, 1.54) is 22.8 Å². The number of aromatic nitrogens is 4. The summed E-state index contributed by atoms with van der Waals surface area (Å²) in [5.74, 6) is -0.894. The Balaban J connectivity index is 1.71. The molecule has 0 saturated carbocycles. The van der Waals surface area contributed by atoms with Gasteiger partial charge in [0.2, 0.25) is 0 Å². The topological polar surface area (TPSA) is 71.2 Å². The number of hydrogen-bond donors (Lipinski definition) is 0. The molecule has 0 saturated heterocycles. The second-order valence-corrected chi connectivity index (χ2v) is 9.47. The normalized spacial score (nSPS) is 17.0. The SMILES string of the molecule is CCS(=O)c1c(-c2nc3cc4c(cc3n2C)OC(F)(F)C(F)(F)O4)nc(-c2cccc(F)c2)n1C. The number of aryl methyl sites for hydroxylation is 1. The van der Waals surface area contributed by atoms with Crippen LogP contribution in [0.4, 0.5) is 22.0 Å². The van der Waals surface area contributed by atoms with Crippen LogP contribution in [-0.2, 0) is 24.9 Å². The van der Waals surface area contributed by atoms with E-state index in [4.69, 9.17) is 0 Å². The summed E-state index contributed by atoms with van der Waals surface area (Å²) in [7, 11) is 1.67. The molecule has 0 fully saturated rings. The van der Waals surface area contributed by atoms with Crippen molar-refractivity contribution in [2.75, 3.05) is 5.75 Å². The molecule has 13 heteroatoms. The van der Waals surface area contributed by atoms with Crippen LogP contribution in [0.1, 0.15) is 6.92 Å². The van der Waals surface area contributed by atoms with E-state index in [1.54, 1.807) is 31.7 Å². The minimum atomic E-state index is -4.86. The van der Waals surface area contributed by atoms with Gasteiger partial charge in [-0.25, -0.2) is 14.4 Å². The molecule has 35 heavy (non-hydrogen) atoms. The van der Waals surface area contributed by atoms with Crippen molar-refractivity contribution in [3.05, 3.63) is 42.2 Å². The summed E-state index contributed by atoms with van der Waals surface area (Å²) >= 11 is 0. The summed E-state index contributed by atoms with van der Waals surface area (Å²) in [6, 6.07) is 7.89. The van der Waals surface area contributed by atoms with E-state index in [0.717, 1.165) is 12.1 Å². The van der Waals surface area contributed by atoms with Crippen LogP contribution in [0.25, 0.3) is 33.9 Å². The number of hydrogen-bond acceptors (Lipinski definition) is 5. The lowest BCUT2D eigenvalue weighted by atomic mass is 10.2. The third-order valence-corrected chi connectivity index (χ3v) is 7.00. The first-order valence-electron chi connectivity index (χ1n) is 10.3. The van der Waals surface area contributed by atoms with Crippen LogP contribution in [0.5, 0.6) is 11.5 Å². The number of rotatable bonds is 4. The standard InChI is InChI=1S/C22H17F5N4O3S/c1-4-35(32)20-17(29-18(31(20)3)11-6-5-7-12(23)8-11)19-28-13-9-15-16(10-14(13)30(19)2)34-22(26,27)21(24,25)33-15/h5-10H,4H2,1-3H3. The monoisotopic (exact) mass is 512 g/mol. The predicted octanol–water partition coefficient (Wildman–Crippen LogP) is 4.86. The quantitative estimate of drug-likeness (QED) is 0.365. The van der Waals surface area contributed by atoms with Crippen LogP contribution in [-0.4, -0.2) is 41.3 Å². The summed E-state index contributed by atoms with van der Waals surface area (Å²) < 4.78 is 92.9. The molecule has 184 valence electrons. The molecule has 0 bridgehead atoms. The lowest BCUT2D eigenvalue weighted by molar-refractivity contribution is -0.391. The molecule has 2 aromatic heterocycles. The van der Waals surface area contributed by atoms with Gasteiger partial charge in [-0.15, -0.1) is 0 Å². The number of benzene rings is 2. The molecule has 1 aliphatic heterocycles. The summed E-state index contributed by atoms with van der Waals surface area (Å²) in [6.45, 7) is 1.72. The molecule has 4 aromatic rings. The molecule has 0 N–H and O–H groups in total. The Morgan fingerprint density at radius 2 is 1.60 bits per heavy atom. The summed E-state index contributed by atoms with van der Waals surface area (Å²) in [6.07, 6.45) is -9.72. The lowest BCUT2D eigenvalue weighted by Crippen LogP contribution is -2.52. The van der Waals surface area contributed by atoms with E-state index >= 15 is 0 Å². The van der Waals surface area contributed by atoms with Crippen molar-refractivity contribution in [2.24, 2.45) is 14.1 Å². The second-order valence-electron chi connectivity index (χ2n) is 7.81. The van der Waals surface area contributed by atoms with E-state index in [-0.39, 0.29) is 28.3 Å². The predicted molar refractivity (Wildman–Crippen MR) is 116 cm³/mol. The van der Waals surface area contributed by atoms with Crippen molar-refractivity contribution in [3.63, 3.8) is 0 Å². The molecule has 1 aliphatic rings. The Hall–Kier alpha value is -3.48. The Morgan fingerprint density at radius 3 is 2.23 bits per heavy atom. The number of nitrogens with zero attached hydrogens (tertiary/aromatic N) is 4. The van der Waals surface area contributed by atoms with Gasteiger partial charge in [0.05, 0.1) is 21.8 Å². The third-order valence-electron chi connectivity index (χ3n) is 5.58. The summed E-state index contributed by atoms with van der Waals surface area (Å²) in [5, 5.41) is 0.306. The number of fused-ring (bicyclic) bond motifs is 2. The van der Waals surface area contributed by atoms with Gasteiger partial charge >= 0.3 is 12.2 Å². The fourth-order valence-corrected chi connectivity index (χ4v) is 4.90. The molecule has 0 amide bonds. The maximum Gasteiger partial charge on any atom is 0.507 e. The van der Waals surface area contributed by atoms with Gasteiger partial charge in [0.1, 0.15) is 22.4 Å². The lowest BCUT2D eigenvalue weighted by Gasteiger charge is -2.31. The molecule has 0 aliphatic carbocycles. The first-order valence-corrected chi connectivity index (χ1v) is 11.6. The third kappa shape index (κ3) is 3.56. The zero-order chi connectivity index (χ0) is 25.3. The molecule has 1 unspecified atom stereocenters. The van der Waals surface area contributed by atoms with Crippen LogP contribution < -0.4 is 9.47 Å². The highest BCUT2D eigenvalue weighted by Gasteiger charge is 2.66. The number of ether oxygens (including phenoxy) is 2. The fourth-order valence-electron chi connectivity index (χ4n) is 3.88. The van der Waals surface area contributed by atoms with Crippen molar-refractivity contribution in [2.45, 2.75) is 24.2 Å². The van der Waals surface area contributed by atoms with Crippen molar-refractivity contribution in [1.82, 2.24) is 19.1 Å². The first kappa shape index (κ1) is 23.3. The van der Waals surface area contributed by atoms with Gasteiger partial charge in [0.15, 0.2) is 17.3 Å². The first-order chi connectivity index (χ1) is 16.4. The van der Waals surface area contributed by atoms with E-state index in [1.807, 2.05) is 0 Å². The minimum absolute atomic E-state index is 0.136. The zero-order valence-corrected chi connectivity index (χ0v) is 19.3. The Bertz CT molecular complexity index is 1510. The fraction of sp³-hybridized carbons (Fsp3) is 0.273. The van der Waals surface area contributed by atoms with Crippen LogP contribution in [0.3, 0.4) is 0 Å². The highest BCUT2D eigenvalue weighted by Crippen LogP contribution is 2.48. The average molecular weight is 512 g/mol. The molecule has 0 radical (unpaired) electrons. The van der Waals surface area contributed by atoms with Crippen molar-refractivity contribution in [3.8, 4) is 34.4 Å². The zero-order valence-electron chi connectivity index (χ0n) is 18.5. The average Bonchev–Trinajstić information content (AvgIpc) is 3.29. The van der Waals surface area contributed by atoms with Crippen molar-refractivity contribution >= 4 is 21.8 Å². The van der Waals surface area contributed by atoms with E-state index in [9.17, 15) is 26.2 Å². The van der Waals surface area contributed by atoms with Gasteiger partial charge in [-0.3, -0.25) is 4.21 Å². The van der Waals surface area contributed by atoms with Gasteiger partial charge in [-0.05, 0) is 12.1 Å². The van der Waals surface area contributed by atoms with Gasteiger partial charge in [0, 0.05) is 37.5 Å². The van der Waals surface area contributed by atoms with Gasteiger partial charge in [0.25, 0.3) is 0 Å². The smallest absolute Gasteiger partial charge is 0.421 e. The summed E-state index contributed by atoms with van der Waals surface area (Å²) in [4.78, 5) is 9.01. The molecule has 0 spiro atoms. The molecule has 3 heterocycles. The van der Waals surface area contributed by atoms with E-state index in [2.05, 4.69) is 19.4 Å². The van der Waals surface area contributed by atoms with Crippen LogP contribution in [0, 0.1) is 5.82 Å². The maximum atomic E-state index is 13.9. The van der Waals surface area contributed by atoms with Gasteiger partial charge < -0.3 is 18.6 Å². The second kappa shape index (κ2) is 7.77. The van der Waals surface area contributed by atoms with Gasteiger partial charge in [-0.2, -0.15) is 17.6 Å². The molecule has 2 aromatic carbocycles. The van der Waals surface area contributed by atoms with E-state index < -0.39 is 40.3 Å². The van der Waals surface area contributed by atoms with Crippen molar-refractivity contribution in [1.29, 1.82) is 0 Å². The highest BCUT2D eigenvalue weighted by molar-refractivity contribution is 7.85. The largest absolute Gasteiger partial charge is 0.507 e. The Labute approximate surface area is 197 Å². The summed E-state index contributed by atoms with van der Waals surface area (Å²) in [5.41, 5.74) is 1.04.